The van der Waals surface area contributed by atoms with Crippen LogP contribution >= 0.6 is 0 Å². The third kappa shape index (κ3) is 7.87. The number of amides is 1. The van der Waals surface area contributed by atoms with Crippen LogP contribution in [-0.2, 0) is 16.0 Å². The summed E-state index contributed by atoms with van der Waals surface area (Å²) in [7, 11) is 1.34. The average molecular weight is 613 g/mol. The fraction of sp³-hybridized carbons (Fsp3) is 0.154. The van der Waals surface area contributed by atoms with Crippen LogP contribution in [0.1, 0.15) is 37.4 Å². The number of para-hydroxylation sites is 2. The number of nitrogens with zero attached hydrogens (tertiary/aromatic N) is 1. The van der Waals surface area contributed by atoms with Crippen LogP contribution in [0.5, 0.6) is 5.75 Å². The van der Waals surface area contributed by atoms with Crippen molar-refractivity contribution < 1.29 is 23.9 Å². The van der Waals surface area contributed by atoms with Crippen LogP contribution in [0.2, 0.25) is 0 Å². The van der Waals surface area contributed by atoms with Crippen LogP contribution in [0.3, 0.4) is 0 Å². The maximum atomic E-state index is 13.4. The summed E-state index contributed by atoms with van der Waals surface area (Å²) >= 11 is 0. The van der Waals surface area contributed by atoms with Crippen LogP contribution in [0.4, 0.5) is 11.4 Å². The van der Waals surface area contributed by atoms with Gasteiger partial charge in [-0.1, -0.05) is 91.0 Å². The first-order valence-electron chi connectivity index (χ1n) is 15.1. The average Bonchev–Trinajstić information content (AvgIpc) is 3.11. The molecule has 1 amide bonds. The Morgan fingerprint density at radius 2 is 1.33 bits per heavy atom. The Bertz CT molecular complexity index is 1770. The lowest BCUT2D eigenvalue weighted by Gasteiger charge is -2.25. The first-order chi connectivity index (χ1) is 22.4. The molecule has 0 aliphatic heterocycles. The Morgan fingerprint density at radius 1 is 0.717 bits per heavy atom. The Labute approximate surface area is 269 Å². The number of hydrogen-bond acceptors (Lipinski definition) is 6. The fourth-order valence-corrected chi connectivity index (χ4v) is 5.22. The van der Waals surface area contributed by atoms with E-state index in [9.17, 15) is 14.4 Å². The molecule has 5 aromatic rings. The summed E-state index contributed by atoms with van der Waals surface area (Å²) in [5, 5.41) is 3.24. The van der Waals surface area contributed by atoms with Gasteiger partial charge in [0, 0.05) is 34.5 Å². The summed E-state index contributed by atoms with van der Waals surface area (Å²) < 4.78 is 11.1. The second-order valence-electron chi connectivity index (χ2n) is 10.8. The van der Waals surface area contributed by atoms with Crippen LogP contribution in [0.25, 0.3) is 0 Å². The van der Waals surface area contributed by atoms with Crippen LogP contribution < -0.4 is 15.0 Å². The molecule has 0 saturated heterocycles. The molecule has 1 atom stereocenters. The van der Waals surface area contributed by atoms with Gasteiger partial charge < -0.3 is 19.7 Å². The van der Waals surface area contributed by atoms with Crippen LogP contribution in [0, 0.1) is 6.92 Å². The number of hydrogen-bond donors (Lipinski definition) is 1. The minimum atomic E-state index is -0.729. The van der Waals surface area contributed by atoms with Gasteiger partial charge in [0.1, 0.15) is 18.4 Å². The molecule has 1 unspecified atom stereocenters. The van der Waals surface area contributed by atoms with Gasteiger partial charge in [-0.05, 0) is 60.5 Å². The molecule has 0 aliphatic carbocycles. The van der Waals surface area contributed by atoms with Crippen molar-refractivity contribution in [1.29, 1.82) is 0 Å². The lowest BCUT2D eigenvalue weighted by Crippen LogP contribution is -2.35. The molecular formula is C39H36N2O5. The highest BCUT2D eigenvalue weighted by atomic mass is 16.5. The molecule has 232 valence electrons. The van der Waals surface area contributed by atoms with Crippen molar-refractivity contribution in [2.45, 2.75) is 19.4 Å². The van der Waals surface area contributed by atoms with Crippen molar-refractivity contribution in [3.63, 3.8) is 0 Å². The van der Waals surface area contributed by atoms with Crippen molar-refractivity contribution in [3.8, 4) is 5.75 Å². The normalized spacial score (nSPS) is 11.3. The van der Waals surface area contributed by atoms with E-state index in [1.165, 1.54) is 7.11 Å². The Balaban J connectivity index is 1.25. The van der Waals surface area contributed by atoms with E-state index in [4.69, 9.17) is 9.47 Å². The zero-order valence-electron chi connectivity index (χ0n) is 25.9. The van der Waals surface area contributed by atoms with E-state index in [1.807, 2.05) is 110 Å². The van der Waals surface area contributed by atoms with Crippen molar-refractivity contribution >= 4 is 29.0 Å². The number of esters is 1. The smallest absolute Gasteiger partial charge is 0.328 e. The molecule has 5 aromatic carbocycles. The highest BCUT2D eigenvalue weighted by Crippen LogP contribution is 2.24. The van der Waals surface area contributed by atoms with Crippen molar-refractivity contribution in [2.24, 2.45) is 0 Å². The van der Waals surface area contributed by atoms with Gasteiger partial charge in [0.05, 0.1) is 13.7 Å². The number of aryl methyl sites for hydroxylation is 1. The van der Waals surface area contributed by atoms with E-state index in [0.29, 0.717) is 41.1 Å². The molecule has 5 rings (SSSR count). The molecule has 0 saturated carbocycles. The van der Waals surface area contributed by atoms with Gasteiger partial charge in [-0.2, -0.15) is 0 Å². The summed E-state index contributed by atoms with van der Waals surface area (Å²) in [5.74, 6) is -0.0359. The second kappa shape index (κ2) is 15.3. The van der Waals surface area contributed by atoms with Gasteiger partial charge in [0.2, 0.25) is 0 Å². The van der Waals surface area contributed by atoms with E-state index in [-0.39, 0.29) is 18.3 Å². The SMILES string of the molecule is COC(=O)C(Cc1ccc(OCCN(C(=O)c2ccccc2)c2ccccc2C)cc1)Nc1ccccc1C(=O)c1ccccc1. The third-order valence-electron chi connectivity index (χ3n) is 7.64. The van der Waals surface area contributed by atoms with Gasteiger partial charge in [-0.25, -0.2) is 4.79 Å². The topological polar surface area (TPSA) is 84.9 Å². The van der Waals surface area contributed by atoms with Crippen LogP contribution in [-0.4, -0.2) is 44.0 Å². The number of rotatable bonds is 13. The van der Waals surface area contributed by atoms with Crippen molar-refractivity contribution in [2.75, 3.05) is 30.5 Å². The molecule has 0 bridgehead atoms. The fourth-order valence-electron chi connectivity index (χ4n) is 5.22. The van der Waals surface area contributed by atoms with Gasteiger partial charge >= 0.3 is 5.97 Å². The van der Waals surface area contributed by atoms with E-state index in [0.717, 1.165) is 16.8 Å². The molecule has 0 heterocycles. The van der Waals surface area contributed by atoms with E-state index in [2.05, 4.69) is 5.32 Å². The molecule has 46 heavy (non-hydrogen) atoms. The summed E-state index contributed by atoms with van der Waals surface area (Å²) in [6, 6.07) is 39.9. The number of nitrogens with one attached hydrogen (secondary N) is 1. The first-order valence-corrected chi connectivity index (χ1v) is 15.1. The van der Waals surface area contributed by atoms with E-state index < -0.39 is 12.0 Å². The first kappa shape index (κ1) is 31.7. The quantitative estimate of drug-likeness (QED) is 0.112. The molecule has 0 radical (unpaired) electrons. The number of carbonyl (C=O) groups excluding carboxylic acids is 3. The number of carbonyl (C=O) groups is 3. The second-order valence-corrected chi connectivity index (χ2v) is 10.8. The molecule has 0 spiro atoms. The summed E-state index contributed by atoms with van der Waals surface area (Å²) in [6.07, 6.45) is 0.327. The van der Waals surface area contributed by atoms with E-state index in [1.54, 1.807) is 35.2 Å². The standard InChI is InChI=1S/C39H36N2O5/c1-28-13-9-12-20-36(28)41(38(43)31-16-7-4-8-17-31)25-26-46-32-23-21-29(22-24-32)27-35(39(44)45-2)40-34-19-11-10-18-33(34)37(42)30-14-5-3-6-15-30/h3-24,35,40H,25-27H2,1-2H3. The Hall–Kier alpha value is -5.69. The predicted molar refractivity (Wildman–Crippen MR) is 181 cm³/mol. The minimum Gasteiger partial charge on any atom is -0.492 e. The van der Waals surface area contributed by atoms with Crippen molar-refractivity contribution in [3.05, 3.63) is 161 Å². The minimum absolute atomic E-state index is 0.0951. The number of ether oxygens (including phenoxy) is 2. The highest BCUT2D eigenvalue weighted by Gasteiger charge is 2.23. The monoisotopic (exact) mass is 612 g/mol. The zero-order valence-corrected chi connectivity index (χ0v) is 25.9. The molecule has 0 aliphatic rings. The van der Waals surface area contributed by atoms with Crippen LogP contribution in [0.15, 0.2) is 133 Å². The van der Waals surface area contributed by atoms with E-state index >= 15 is 0 Å². The lowest BCUT2D eigenvalue weighted by atomic mass is 10.00. The maximum absolute atomic E-state index is 13.4. The zero-order chi connectivity index (χ0) is 32.3. The highest BCUT2D eigenvalue weighted by molar-refractivity contribution is 6.12. The summed E-state index contributed by atoms with van der Waals surface area (Å²) in [5.41, 5.74) is 4.90. The molecule has 7 heteroatoms. The third-order valence-corrected chi connectivity index (χ3v) is 7.64. The Kier molecular flexibility index (Phi) is 10.6. The molecule has 1 N–H and O–H groups in total. The lowest BCUT2D eigenvalue weighted by molar-refractivity contribution is -0.141. The number of anilines is 2. The number of benzene rings is 5. The Morgan fingerprint density at radius 3 is 2.00 bits per heavy atom. The number of methoxy groups -OCH3 is 1. The van der Waals surface area contributed by atoms with Gasteiger partial charge in [0.15, 0.2) is 5.78 Å². The largest absolute Gasteiger partial charge is 0.492 e. The predicted octanol–water partition coefficient (Wildman–Crippen LogP) is 7.15. The van der Waals surface area contributed by atoms with Crippen molar-refractivity contribution in [1.82, 2.24) is 0 Å². The maximum Gasteiger partial charge on any atom is 0.328 e. The van der Waals surface area contributed by atoms with Gasteiger partial charge in [-0.15, -0.1) is 0 Å². The molecule has 0 aromatic heterocycles. The molecule has 0 fully saturated rings. The van der Waals surface area contributed by atoms with Gasteiger partial charge in [0.25, 0.3) is 5.91 Å². The summed E-state index contributed by atoms with van der Waals surface area (Å²) in [4.78, 5) is 41.2. The summed E-state index contributed by atoms with van der Waals surface area (Å²) in [6.45, 7) is 2.62. The number of ketones is 1. The van der Waals surface area contributed by atoms with Gasteiger partial charge in [-0.3, -0.25) is 9.59 Å². The molecule has 7 nitrogen and oxygen atoms in total. The molecular weight excluding hydrogens is 576 g/mol.